The van der Waals surface area contributed by atoms with Gasteiger partial charge in [-0.25, -0.2) is 0 Å². The minimum absolute atomic E-state index is 0.151. The minimum Gasteiger partial charge on any atom is -0.481 e. The summed E-state index contributed by atoms with van der Waals surface area (Å²) in [4.78, 5) is 10.8. The Morgan fingerprint density at radius 2 is 1.79 bits per heavy atom. The second-order valence-corrected chi connectivity index (χ2v) is 5.27. The van der Waals surface area contributed by atoms with E-state index in [0.717, 1.165) is 25.7 Å². The van der Waals surface area contributed by atoms with Gasteiger partial charge in [0.1, 0.15) is 0 Å². The zero-order valence-electron chi connectivity index (χ0n) is 9.39. The summed E-state index contributed by atoms with van der Waals surface area (Å²) in [6.45, 7) is 4.51. The fourth-order valence-corrected chi connectivity index (χ4v) is 2.21. The van der Waals surface area contributed by atoms with Crippen molar-refractivity contribution in [3.8, 4) is 0 Å². The lowest BCUT2D eigenvalue weighted by Crippen LogP contribution is -2.48. The molecule has 0 amide bonds. The third kappa shape index (κ3) is 2.71. The van der Waals surface area contributed by atoms with E-state index in [9.17, 15) is 4.79 Å². The monoisotopic (exact) mass is 199 g/mol. The van der Waals surface area contributed by atoms with Gasteiger partial charge in [-0.2, -0.15) is 0 Å². The molecule has 0 saturated heterocycles. The number of aliphatic carboxylic acids is 1. The molecule has 0 atom stereocenters. The highest BCUT2D eigenvalue weighted by Gasteiger charge is 2.38. The summed E-state index contributed by atoms with van der Waals surface area (Å²) < 4.78 is 0. The Hall–Kier alpha value is -0.570. The topological polar surface area (TPSA) is 49.3 Å². The molecule has 1 aliphatic carbocycles. The maximum absolute atomic E-state index is 10.8. The molecule has 0 bridgehead atoms. The maximum atomic E-state index is 10.8. The molecule has 1 rings (SSSR count). The highest BCUT2D eigenvalue weighted by atomic mass is 16.4. The smallest absolute Gasteiger partial charge is 0.305 e. The first kappa shape index (κ1) is 11.5. The van der Waals surface area contributed by atoms with Crippen molar-refractivity contribution in [2.45, 2.75) is 51.5 Å². The summed E-state index contributed by atoms with van der Waals surface area (Å²) in [6.07, 6.45) is 4.42. The van der Waals surface area contributed by atoms with Crippen molar-refractivity contribution >= 4 is 5.97 Å². The van der Waals surface area contributed by atoms with E-state index in [2.05, 4.69) is 19.2 Å². The van der Waals surface area contributed by atoms with Gasteiger partial charge in [0.25, 0.3) is 0 Å². The molecule has 0 aromatic rings. The van der Waals surface area contributed by atoms with Gasteiger partial charge < -0.3 is 10.4 Å². The van der Waals surface area contributed by atoms with E-state index in [-0.39, 0.29) is 12.0 Å². The zero-order valence-corrected chi connectivity index (χ0v) is 9.39. The molecule has 0 heterocycles. The summed E-state index contributed by atoms with van der Waals surface area (Å²) in [7, 11) is 1.88. The van der Waals surface area contributed by atoms with Crippen molar-refractivity contribution in [2.24, 2.45) is 5.41 Å². The minimum atomic E-state index is -0.695. The molecule has 1 fully saturated rings. The third-order valence-corrected chi connectivity index (χ3v) is 3.58. The number of carbonyl (C=O) groups is 1. The predicted octanol–water partition coefficient (Wildman–Crippen LogP) is 2.02. The molecule has 0 spiro atoms. The summed E-state index contributed by atoms with van der Waals surface area (Å²) in [6, 6.07) is 0. The Bertz CT molecular complexity index is 213. The van der Waals surface area contributed by atoms with Gasteiger partial charge >= 0.3 is 5.97 Å². The lowest BCUT2D eigenvalue weighted by atomic mass is 9.68. The molecular formula is C11H21NO2. The fourth-order valence-electron chi connectivity index (χ4n) is 2.21. The van der Waals surface area contributed by atoms with Crippen LogP contribution < -0.4 is 5.32 Å². The van der Waals surface area contributed by atoms with Crippen molar-refractivity contribution in [3.05, 3.63) is 0 Å². The summed E-state index contributed by atoms with van der Waals surface area (Å²) >= 11 is 0. The van der Waals surface area contributed by atoms with E-state index < -0.39 is 5.97 Å². The molecule has 1 saturated carbocycles. The van der Waals surface area contributed by atoms with Gasteiger partial charge in [0.2, 0.25) is 0 Å². The molecule has 2 N–H and O–H groups in total. The number of carboxylic acids is 1. The van der Waals surface area contributed by atoms with E-state index in [1.807, 2.05) is 7.05 Å². The second kappa shape index (κ2) is 3.89. The molecule has 3 heteroatoms. The highest BCUT2D eigenvalue weighted by Crippen LogP contribution is 2.41. The molecule has 0 aromatic heterocycles. The van der Waals surface area contributed by atoms with Crippen molar-refractivity contribution < 1.29 is 9.90 Å². The van der Waals surface area contributed by atoms with Crippen molar-refractivity contribution in [1.82, 2.24) is 5.32 Å². The number of hydrogen-bond donors (Lipinski definition) is 2. The first-order valence-corrected chi connectivity index (χ1v) is 5.30. The van der Waals surface area contributed by atoms with Crippen LogP contribution in [0.4, 0.5) is 0 Å². The molecule has 14 heavy (non-hydrogen) atoms. The zero-order chi connectivity index (χ0) is 10.8. The van der Waals surface area contributed by atoms with Crippen LogP contribution in [-0.4, -0.2) is 23.7 Å². The molecule has 0 unspecified atom stereocenters. The van der Waals surface area contributed by atoms with E-state index >= 15 is 0 Å². The largest absolute Gasteiger partial charge is 0.481 e. The number of hydrogen-bond acceptors (Lipinski definition) is 2. The highest BCUT2D eigenvalue weighted by molar-refractivity contribution is 5.68. The van der Waals surface area contributed by atoms with E-state index in [1.54, 1.807) is 0 Å². The molecule has 0 aliphatic heterocycles. The lowest BCUT2D eigenvalue weighted by molar-refractivity contribution is -0.139. The van der Waals surface area contributed by atoms with Gasteiger partial charge in [-0.1, -0.05) is 13.8 Å². The molecular weight excluding hydrogens is 178 g/mol. The van der Waals surface area contributed by atoms with Gasteiger partial charge in [-0.05, 0) is 38.1 Å². The van der Waals surface area contributed by atoms with Crippen LogP contribution in [0.3, 0.4) is 0 Å². The quantitative estimate of drug-likeness (QED) is 0.731. The Morgan fingerprint density at radius 1 is 1.29 bits per heavy atom. The van der Waals surface area contributed by atoms with Crippen LogP contribution in [-0.2, 0) is 4.79 Å². The van der Waals surface area contributed by atoms with Crippen molar-refractivity contribution in [1.29, 1.82) is 0 Å². The predicted molar refractivity (Wildman–Crippen MR) is 56.3 cm³/mol. The van der Waals surface area contributed by atoms with E-state index in [0.29, 0.717) is 5.41 Å². The summed E-state index contributed by atoms with van der Waals surface area (Å²) in [5.74, 6) is -0.695. The summed E-state index contributed by atoms with van der Waals surface area (Å²) in [5, 5.41) is 12.1. The van der Waals surface area contributed by atoms with Crippen molar-refractivity contribution in [3.63, 3.8) is 0 Å². The van der Waals surface area contributed by atoms with Crippen LogP contribution in [0.15, 0.2) is 0 Å². The van der Waals surface area contributed by atoms with Crippen LogP contribution >= 0.6 is 0 Å². The van der Waals surface area contributed by atoms with Gasteiger partial charge in [0, 0.05) is 5.54 Å². The lowest BCUT2D eigenvalue weighted by Gasteiger charge is -2.42. The maximum Gasteiger partial charge on any atom is 0.305 e. The van der Waals surface area contributed by atoms with Crippen LogP contribution in [0.5, 0.6) is 0 Å². The van der Waals surface area contributed by atoms with Crippen LogP contribution in [0.2, 0.25) is 0 Å². The standard InChI is InChI=1S/C11H21NO2/c1-10(2)4-6-11(12-3,7-5-10)8-9(13)14/h12H,4-8H2,1-3H3,(H,13,14). The average molecular weight is 199 g/mol. The molecule has 82 valence electrons. The molecule has 0 radical (unpaired) electrons. The van der Waals surface area contributed by atoms with Gasteiger partial charge in [-0.15, -0.1) is 0 Å². The van der Waals surface area contributed by atoms with Crippen LogP contribution in [0.25, 0.3) is 0 Å². The normalized spacial score (nSPS) is 24.5. The number of nitrogens with one attached hydrogen (secondary N) is 1. The van der Waals surface area contributed by atoms with Gasteiger partial charge in [0.05, 0.1) is 6.42 Å². The second-order valence-electron chi connectivity index (χ2n) is 5.27. The SMILES string of the molecule is CNC1(CC(=O)O)CCC(C)(C)CC1. The van der Waals surface area contributed by atoms with E-state index in [4.69, 9.17) is 5.11 Å². The third-order valence-electron chi connectivity index (χ3n) is 3.58. The number of rotatable bonds is 3. The van der Waals surface area contributed by atoms with Gasteiger partial charge in [-0.3, -0.25) is 4.79 Å². The average Bonchev–Trinajstić information content (AvgIpc) is 2.09. The fraction of sp³-hybridized carbons (Fsp3) is 0.909. The van der Waals surface area contributed by atoms with Crippen molar-refractivity contribution in [2.75, 3.05) is 7.05 Å². The van der Waals surface area contributed by atoms with Crippen LogP contribution in [0, 0.1) is 5.41 Å². The molecule has 3 nitrogen and oxygen atoms in total. The Balaban J connectivity index is 2.61. The Labute approximate surface area is 85.9 Å². The van der Waals surface area contributed by atoms with E-state index in [1.165, 1.54) is 0 Å². The summed E-state index contributed by atoms with van der Waals surface area (Å²) in [5.41, 5.74) is 0.236. The molecule has 0 aromatic carbocycles. The first-order chi connectivity index (χ1) is 6.39. The first-order valence-electron chi connectivity index (χ1n) is 5.30. The Morgan fingerprint density at radius 3 is 2.14 bits per heavy atom. The van der Waals surface area contributed by atoms with Gasteiger partial charge in [0.15, 0.2) is 0 Å². The molecule has 1 aliphatic rings. The Kier molecular flexibility index (Phi) is 3.20. The number of carboxylic acid groups (broad SMARTS) is 1. The van der Waals surface area contributed by atoms with Crippen LogP contribution in [0.1, 0.15) is 46.0 Å².